The molecule has 0 saturated carbocycles. The summed E-state index contributed by atoms with van der Waals surface area (Å²) in [7, 11) is 0. The van der Waals surface area contributed by atoms with Gasteiger partial charge in [-0.2, -0.15) is 10.2 Å². The van der Waals surface area contributed by atoms with Crippen LogP contribution in [-0.4, -0.2) is 12.4 Å². The lowest BCUT2D eigenvalue weighted by molar-refractivity contribution is 0.572. The summed E-state index contributed by atoms with van der Waals surface area (Å²) in [6, 6.07) is 0. The standard InChI is InChI=1S/C16H32N2/c1-5-9-11-15(7-3)13-17-18-14-16(8-4)12-10-6-2/h13-16H,5-12H2,1-4H3/b17-13-,18-14+/t15-,16+/m0/s1. The van der Waals surface area contributed by atoms with Crippen LogP contribution in [0.1, 0.15) is 79.1 Å². The molecular weight excluding hydrogens is 220 g/mol. The minimum Gasteiger partial charge on any atom is -0.164 e. The van der Waals surface area contributed by atoms with Crippen molar-refractivity contribution in [3.63, 3.8) is 0 Å². The first-order chi connectivity index (χ1) is 8.78. The first-order valence-electron chi connectivity index (χ1n) is 7.84. The second-order valence-electron chi connectivity index (χ2n) is 5.15. The molecule has 0 aliphatic rings. The van der Waals surface area contributed by atoms with Crippen LogP contribution in [-0.2, 0) is 0 Å². The molecule has 0 aliphatic heterocycles. The van der Waals surface area contributed by atoms with E-state index in [0.717, 1.165) is 0 Å². The van der Waals surface area contributed by atoms with Gasteiger partial charge in [-0.25, -0.2) is 0 Å². The Labute approximate surface area is 114 Å². The van der Waals surface area contributed by atoms with Crippen LogP contribution in [0.25, 0.3) is 0 Å². The smallest absolute Gasteiger partial charge is 0.0300 e. The second-order valence-corrected chi connectivity index (χ2v) is 5.15. The van der Waals surface area contributed by atoms with E-state index in [9.17, 15) is 0 Å². The van der Waals surface area contributed by atoms with Crippen molar-refractivity contribution in [2.75, 3.05) is 0 Å². The van der Waals surface area contributed by atoms with Gasteiger partial charge in [0.2, 0.25) is 0 Å². The lowest BCUT2D eigenvalue weighted by atomic mass is 10.0. The zero-order chi connectivity index (χ0) is 13.6. The van der Waals surface area contributed by atoms with E-state index < -0.39 is 0 Å². The number of nitrogens with zero attached hydrogens (tertiary/aromatic N) is 2. The maximum atomic E-state index is 4.24. The van der Waals surface area contributed by atoms with Crippen molar-refractivity contribution in [3.05, 3.63) is 0 Å². The van der Waals surface area contributed by atoms with Crippen LogP contribution in [0.4, 0.5) is 0 Å². The lowest BCUT2D eigenvalue weighted by Gasteiger charge is -2.07. The van der Waals surface area contributed by atoms with Gasteiger partial charge in [0.05, 0.1) is 0 Å². The largest absolute Gasteiger partial charge is 0.164 e. The molecule has 0 aromatic rings. The normalized spacial score (nSPS) is 15.6. The maximum absolute atomic E-state index is 4.24. The van der Waals surface area contributed by atoms with Gasteiger partial charge in [0.1, 0.15) is 0 Å². The molecule has 0 aromatic heterocycles. The SMILES string of the molecule is CCCC[C@@H](/C=N\N=C\[C@H](CC)CCCC)CC. The van der Waals surface area contributed by atoms with E-state index in [1.807, 2.05) is 12.4 Å². The molecule has 0 heterocycles. The highest BCUT2D eigenvalue weighted by Crippen LogP contribution is 2.11. The van der Waals surface area contributed by atoms with Crippen LogP contribution in [0.3, 0.4) is 0 Å². The Balaban J connectivity index is 4.00. The van der Waals surface area contributed by atoms with E-state index in [2.05, 4.69) is 37.9 Å². The van der Waals surface area contributed by atoms with Gasteiger partial charge in [-0.15, -0.1) is 0 Å². The van der Waals surface area contributed by atoms with Crippen LogP contribution in [0.2, 0.25) is 0 Å². The zero-order valence-corrected chi connectivity index (χ0v) is 12.9. The molecule has 0 saturated heterocycles. The molecule has 2 nitrogen and oxygen atoms in total. The summed E-state index contributed by atoms with van der Waals surface area (Å²) in [5.74, 6) is 1.22. The Kier molecular flexibility index (Phi) is 12.3. The molecule has 0 rings (SSSR count). The third kappa shape index (κ3) is 9.38. The van der Waals surface area contributed by atoms with Gasteiger partial charge in [-0.05, 0) is 37.5 Å². The average molecular weight is 252 g/mol. The molecule has 2 heteroatoms. The van der Waals surface area contributed by atoms with Crippen molar-refractivity contribution in [3.8, 4) is 0 Å². The van der Waals surface area contributed by atoms with Gasteiger partial charge in [0.25, 0.3) is 0 Å². The lowest BCUT2D eigenvalue weighted by Crippen LogP contribution is -2.01. The maximum Gasteiger partial charge on any atom is 0.0300 e. The van der Waals surface area contributed by atoms with E-state index in [1.54, 1.807) is 0 Å². The third-order valence-electron chi connectivity index (χ3n) is 3.53. The zero-order valence-electron chi connectivity index (χ0n) is 12.9. The van der Waals surface area contributed by atoms with Crippen LogP contribution < -0.4 is 0 Å². The van der Waals surface area contributed by atoms with Crippen molar-refractivity contribution < 1.29 is 0 Å². The van der Waals surface area contributed by atoms with Gasteiger partial charge in [-0.1, -0.05) is 53.4 Å². The quantitative estimate of drug-likeness (QED) is 0.344. The highest BCUT2D eigenvalue weighted by molar-refractivity contribution is 5.64. The summed E-state index contributed by atoms with van der Waals surface area (Å²) < 4.78 is 0. The molecule has 0 bridgehead atoms. The van der Waals surface area contributed by atoms with E-state index >= 15 is 0 Å². The highest BCUT2D eigenvalue weighted by Gasteiger charge is 2.02. The summed E-state index contributed by atoms with van der Waals surface area (Å²) in [6.07, 6.45) is 14.0. The Morgan fingerprint density at radius 3 is 1.39 bits per heavy atom. The molecule has 2 atom stereocenters. The molecule has 0 unspecified atom stereocenters. The Bertz CT molecular complexity index is 197. The van der Waals surface area contributed by atoms with Gasteiger partial charge >= 0.3 is 0 Å². The Morgan fingerprint density at radius 2 is 1.11 bits per heavy atom. The number of rotatable bonds is 11. The van der Waals surface area contributed by atoms with Crippen LogP contribution >= 0.6 is 0 Å². The molecule has 0 aliphatic carbocycles. The molecule has 0 fully saturated rings. The molecule has 106 valence electrons. The summed E-state index contributed by atoms with van der Waals surface area (Å²) in [5.41, 5.74) is 0. The fourth-order valence-corrected chi connectivity index (χ4v) is 1.97. The van der Waals surface area contributed by atoms with Crippen LogP contribution in [0.15, 0.2) is 10.2 Å². The van der Waals surface area contributed by atoms with E-state index in [-0.39, 0.29) is 0 Å². The van der Waals surface area contributed by atoms with Crippen LogP contribution in [0.5, 0.6) is 0 Å². The monoisotopic (exact) mass is 252 g/mol. The minimum atomic E-state index is 0.609. The van der Waals surface area contributed by atoms with Gasteiger partial charge in [-0.3, -0.25) is 0 Å². The van der Waals surface area contributed by atoms with Gasteiger partial charge in [0, 0.05) is 12.4 Å². The average Bonchev–Trinajstić information content (AvgIpc) is 2.41. The molecule has 0 radical (unpaired) electrons. The summed E-state index contributed by atoms with van der Waals surface area (Å²) in [6.45, 7) is 8.93. The summed E-state index contributed by atoms with van der Waals surface area (Å²) in [4.78, 5) is 0. The van der Waals surface area contributed by atoms with E-state index in [4.69, 9.17) is 0 Å². The molecule has 18 heavy (non-hydrogen) atoms. The number of unbranched alkanes of at least 4 members (excludes halogenated alkanes) is 2. The number of hydrogen-bond donors (Lipinski definition) is 0. The predicted molar refractivity (Wildman–Crippen MR) is 83.6 cm³/mol. The summed E-state index contributed by atoms with van der Waals surface area (Å²) >= 11 is 0. The van der Waals surface area contributed by atoms with E-state index in [1.165, 1.54) is 51.4 Å². The predicted octanol–water partition coefficient (Wildman–Crippen LogP) is 5.48. The van der Waals surface area contributed by atoms with Crippen molar-refractivity contribution in [1.82, 2.24) is 0 Å². The molecule has 0 aromatic carbocycles. The molecule has 0 spiro atoms. The fourth-order valence-electron chi connectivity index (χ4n) is 1.97. The molecule has 0 N–H and O–H groups in total. The molecular formula is C16H32N2. The van der Waals surface area contributed by atoms with Crippen molar-refractivity contribution in [2.24, 2.45) is 22.0 Å². The third-order valence-corrected chi connectivity index (χ3v) is 3.53. The van der Waals surface area contributed by atoms with Crippen molar-refractivity contribution >= 4 is 12.4 Å². The Morgan fingerprint density at radius 1 is 0.722 bits per heavy atom. The first-order valence-corrected chi connectivity index (χ1v) is 7.84. The van der Waals surface area contributed by atoms with Crippen molar-refractivity contribution in [1.29, 1.82) is 0 Å². The second kappa shape index (κ2) is 12.8. The molecule has 0 amide bonds. The fraction of sp³-hybridized carbons (Fsp3) is 0.875. The van der Waals surface area contributed by atoms with Gasteiger partial charge < -0.3 is 0 Å². The number of hydrogen-bond acceptors (Lipinski definition) is 2. The highest BCUT2D eigenvalue weighted by atomic mass is 15.2. The Hall–Kier alpha value is -0.660. The van der Waals surface area contributed by atoms with Gasteiger partial charge in [0.15, 0.2) is 0 Å². The minimum absolute atomic E-state index is 0.609. The topological polar surface area (TPSA) is 24.7 Å². The van der Waals surface area contributed by atoms with Crippen LogP contribution in [0, 0.1) is 11.8 Å². The summed E-state index contributed by atoms with van der Waals surface area (Å²) in [5, 5.41) is 8.47. The first kappa shape index (κ1) is 17.3. The van der Waals surface area contributed by atoms with E-state index in [0.29, 0.717) is 11.8 Å². The van der Waals surface area contributed by atoms with Crippen molar-refractivity contribution in [2.45, 2.75) is 79.1 Å².